The van der Waals surface area contributed by atoms with Crippen molar-refractivity contribution in [1.29, 1.82) is 0 Å². The molecule has 1 aromatic heterocycles. The van der Waals surface area contributed by atoms with E-state index in [9.17, 15) is 0 Å². The summed E-state index contributed by atoms with van der Waals surface area (Å²) in [4.78, 5) is 4.71. The minimum absolute atomic E-state index is 1.04. The predicted molar refractivity (Wildman–Crippen MR) is 125 cm³/mol. The van der Waals surface area contributed by atoms with Crippen LogP contribution in [-0.2, 0) is 25.7 Å². The highest BCUT2D eigenvalue weighted by atomic mass is 14.7. The van der Waals surface area contributed by atoms with Gasteiger partial charge in [0.2, 0.25) is 0 Å². The summed E-state index contributed by atoms with van der Waals surface area (Å²) in [6.45, 7) is 4.50. The van der Waals surface area contributed by atoms with Crippen molar-refractivity contribution < 1.29 is 0 Å². The normalized spacial score (nSPS) is 11.0. The summed E-state index contributed by atoms with van der Waals surface area (Å²) in [7, 11) is 0. The molecule has 0 N–H and O–H groups in total. The minimum Gasteiger partial charge on any atom is -0.256 e. The number of aromatic nitrogens is 1. The second-order valence-electron chi connectivity index (χ2n) is 8.13. The molecule has 0 saturated heterocycles. The Kier molecular flexibility index (Phi) is 8.49. The molecule has 1 heterocycles. The van der Waals surface area contributed by atoms with Crippen LogP contribution in [0.25, 0.3) is 11.3 Å². The van der Waals surface area contributed by atoms with Crippen molar-refractivity contribution >= 4 is 0 Å². The van der Waals surface area contributed by atoms with E-state index in [0.717, 1.165) is 18.5 Å². The highest BCUT2D eigenvalue weighted by Gasteiger charge is 2.02. The number of benzene rings is 2. The van der Waals surface area contributed by atoms with Crippen LogP contribution in [0.1, 0.15) is 68.2 Å². The number of unbranched alkanes of at least 4 members (excludes halogenated alkanes) is 3. The van der Waals surface area contributed by atoms with Crippen LogP contribution in [0, 0.1) is 0 Å². The van der Waals surface area contributed by atoms with Gasteiger partial charge in [0.1, 0.15) is 0 Å². The molecule has 0 bridgehead atoms. The van der Waals surface area contributed by atoms with E-state index in [-0.39, 0.29) is 0 Å². The summed E-state index contributed by atoms with van der Waals surface area (Å²) in [5.74, 6) is 0. The number of rotatable bonds is 11. The Morgan fingerprint density at radius 2 is 1.03 bits per heavy atom. The van der Waals surface area contributed by atoms with E-state index in [1.807, 2.05) is 6.20 Å². The van der Waals surface area contributed by atoms with Gasteiger partial charge in [0.05, 0.1) is 5.69 Å². The van der Waals surface area contributed by atoms with Crippen LogP contribution >= 0.6 is 0 Å². The first-order valence-corrected chi connectivity index (χ1v) is 11.4. The topological polar surface area (TPSA) is 12.9 Å². The molecule has 0 radical (unpaired) electrons. The predicted octanol–water partition coefficient (Wildman–Crippen LogP) is 7.61. The fraction of sp³-hybridized carbons (Fsp3) is 0.393. The van der Waals surface area contributed by atoms with Crippen molar-refractivity contribution in [2.24, 2.45) is 0 Å². The first-order chi connectivity index (χ1) is 14.3. The largest absolute Gasteiger partial charge is 0.256 e. The van der Waals surface area contributed by atoms with Gasteiger partial charge in [-0.2, -0.15) is 0 Å². The van der Waals surface area contributed by atoms with Crippen molar-refractivity contribution in [1.82, 2.24) is 4.98 Å². The third kappa shape index (κ3) is 6.85. The second-order valence-corrected chi connectivity index (χ2v) is 8.13. The van der Waals surface area contributed by atoms with E-state index in [4.69, 9.17) is 4.98 Å². The fourth-order valence-corrected chi connectivity index (χ4v) is 3.71. The smallest absolute Gasteiger partial charge is 0.0702 e. The monoisotopic (exact) mass is 385 g/mol. The SMILES string of the molecule is CCCCCc1ccc(-c2ccc(CCc3ccc(CCCC)cc3)cn2)cc1. The Bertz CT molecular complexity index is 829. The van der Waals surface area contributed by atoms with E-state index in [0.29, 0.717) is 0 Å². The van der Waals surface area contributed by atoms with Gasteiger partial charge >= 0.3 is 0 Å². The summed E-state index contributed by atoms with van der Waals surface area (Å²) >= 11 is 0. The molecule has 0 unspecified atom stereocenters. The fourth-order valence-electron chi connectivity index (χ4n) is 3.71. The van der Waals surface area contributed by atoms with Crippen LogP contribution in [0.3, 0.4) is 0 Å². The molecule has 0 fully saturated rings. The molecule has 2 aromatic carbocycles. The number of aryl methyl sites for hydroxylation is 4. The van der Waals surface area contributed by atoms with Crippen LogP contribution in [-0.4, -0.2) is 4.98 Å². The quantitative estimate of drug-likeness (QED) is 0.309. The number of hydrogen-bond acceptors (Lipinski definition) is 1. The highest BCUT2D eigenvalue weighted by Crippen LogP contribution is 2.19. The first kappa shape index (κ1) is 21.3. The van der Waals surface area contributed by atoms with Gasteiger partial charge < -0.3 is 0 Å². The average Bonchev–Trinajstić information content (AvgIpc) is 2.78. The lowest BCUT2D eigenvalue weighted by atomic mass is 10.0. The maximum atomic E-state index is 4.71. The summed E-state index contributed by atoms with van der Waals surface area (Å²) in [6.07, 6.45) is 12.9. The summed E-state index contributed by atoms with van der Waals surface area (Å²) in [5.41, 5.74) is 7.87. The molecule has 29 heavy (non-hydrogen) atoms. The maximum absolute atomic E-state index is 4.71. The van der Waals surface area contributed by atoms with Crippen LogP contribution in [0.4, 0.5) is 0 Å². The van der Waals surface area contributed by atoms with Gasteiger partial charge in [-0.1, -0.05) is 87.7 Å². The third-order valence-corrected chi connectivity index (χ3v) is 5.69. The average molecular weight is 386 g/mol. The van der Waals surface area contributed by atoms with Crippen molar-refractivity contribution in [2.75, 3.05) is 0 Å². The van der Waals surface area contributed by atoms with Crippen molar-refractivity contribution in [3.8, 4) is 11.3 Å². The van der Waals surface area contributed by atoms with E-state index < -0.39 is 0 Å². The zero-order chi connectivity index (χ0) is 20.3. The molecular weight excluding hydrogens is 350 g/mol. The lowest BCUT2D eigenvalue weighted by molar-refractivity contribution is 0.717. The standard InChI is InChI=1S/C28H35N/c1-3-5-7-9-24-16-19-27(20-17-24)28-21-18-26(22-29-28)15-14-25-12-10-23(11-13-25)8-6-4-2/h10-13,16-22H,3-9,14-15H2,1-2H3. The molecule has 0 aliphatic carbocycles. The minimum atomic E-state index is 1.04. The molecule has 0 aliphatic rings. The van der Waals surface area contributed by atoms with E-state index in [1.54, 1.807) is 0 Å². The van der Waals surface area contributed by atoms with Gasteiger partial charge in [0.25, 0.3) is 0 Å². The highest BCUT2D eigenvalue weighted by molar-refractivity contribution is 5.59. The van der Waals surface area contributed by atoms with Gasteiger partial charge in [-0.25, -0.2) is 0 Å². The number of pyridine rings is 1. The molecule has 152 valence electrons. The zero-order valence-corrected chi connectivity index (χ0v) is 18.2. The van der Waals surface area contributed by atoms with Crippen LogP contribution < -0.4 is 0 Å². The molecular formula is C28H35N. The molecule has 1 heteroatoms. The Morgan fingerprint density at radius 3 is 1.62 bits per heavy atom. The van der Waals surface area contributed by atoms with Crippen LogP contribution in [0.2, 0.25) is 0 Å². The summed E-state index contributed by atoms with van der Waals surface area (Å²) in [5, 5.41) is 0. The molecule has 0 saturated carbocycles. The summed E-state index contributed by atoms with van der Waals surface area (Å²) < 4.78 is 0. The molecule has 3 rings (SSSR count). The van der Waals surface area contributed by atoms with Crippen LogP contribution in [0.5, 0.6) is 0 Å². The Morgan fingerprint density at radius 1 is 0.517 bits per heavy atom. The Balaban J connectivity index is 1.52. The molecule has 1 nitrogen and oxygen atoms in total. The van der Waals surface area contributed by atoms with Crippen molar-refractivity contribution in [2.45, 2.75) is 71.6 Å². The van der Waals surface area contributed by atoms with E-state index in [2.05, 4.69) is 74.5 Å². The molecule has 0 atom stereocenters. The number of hydrogen-bond donors (Lipinski definition) is 0. The first-order valence-electron chi connectivity index (χ1n) is 11.4. The van der Waals surface area contributed by atoms with E-state index >= 15 is 0 Å². The lowest BCUT2D eigenvalue weighted by Gasteiger charge is -2.07. The van der Waals surface area contributed by atoms with Crippen LogP contribution in [0.15, 0.2) is 66.9 Å². The molecule has 0 aliphatic heterocycles. The van der Waals surface area contributed by atoms with Gasteiger partial charge in [-0.3, -0.25) is 4.98 Å². The van der Waals surface area contributed by atoms with Gasteiger partial charge in [0, 0.05) is 11.8 Å². The van der Waals surface area contributed by atoms with Gasteiger partial charge in [-0.05, 0) is 66.8 Å². The molecule has 0 amide bonds. The Labute approximate surface area is 177 Å². The van der Waals surface area contributed by atoms with Crippen molar-refractivity contribution in [3.63, 3.8) is 0 Å². The van der Waals surface area contributed by atoms with Gasteiger partial charge in [-0.15, -0.1) is 0 Å². The second kappa shape index (κ2) is 11.6. The maximum Gasteiger partial charge on any atom is 0.0702 e. The Hall–Kier alpha value is -2.41. The summed E-state index contributed by atoms with van der Waals surface area (Å²) in [6, 6.07) is 22.5. The zero-order valence-electron chi connectivity index (χ0n) is 18.2. The molecule has 3 aromatic rings. The lowest BCUT2D eigenvalue weighted by Crippen LogP contribution is -1.94. The molecule has 0 spiro atoms. The van der Waals surface area contributed by atoms with E-state index in [1.165, 1.54) is 72.8 Å². The van der Waals surface area contributed by atoms with Crippen molar-refractivity contribution in [3.05, 3.63) is 89.1 Å². The third-order valence-electron chi connectivity index (χ3n) is 5.69. The van der Waals surface area contributed by atoms with Gasteiger partial charge in [0.15, 0.2) is 0 Å². The number of nitrogens with zero attached hydrogens (tertiary/aromatic N) is 1.